The standard InChI is InChI=1S/C12H24F6O2Si2/c1-9(11(13,14)15,19-21(3,4)5)10(2,12(16,17)18)20-22(6,7)8/h1-8H3. The second-order valence-corrected chi connectivity index (χ2v) is 16.3. The van der Waals surface area contributed by atoms with Crippen LogP contribution in [0, 0.1) is 0 Å². The van der Waals surface area contributed by atoms with Gasteiger partial charge in [0.1, 0.15) is 0 Å². The summed E-state index contributed by atoms with van der Waals surface area (Å²) in [5.74, 6) is 0. The van der Waals surface area contributed by atoms with Crippen molar-refractivity contribution in [3.05, 3.63) is 0 Å². The van der Waals surface area contributed by atoms with E-state index in [1.54, 1.807) is 0 Å². The minimum atomic E-state index is -5.24. The van der Waals surface area contributed by atoms with Crippen LogP contribution < -0.4 is 0 Å². The fraction of sp³-hybridized carbons (Fsp3) is 1.00. The lowest BCUT2D eigenvalue weighted by molar-refractivity contribution is -0.362. The van der Waals surface area contributed by atoms with Gasteiger partial charge < -0.3 is 8.85 Å². The molecule has 0 aliphatic heterocycles. The van der Waals surface area contributed by atoms with E-state index in [0.717, 1.165) is 0 Å². The Balaban J connectivity index is 6.34. The maximum Gasteiger partial charge on any atom is 0.419 e. The van der Waals surface area contributed by atoms with E-state index in [9.17, 15) is 26.3 Å². The molecule has 0 heterocycles. The summed E-state index contributed by atoms with van der Waals surface area (Å²) >= 11 is 0. The molecule has 0 aromatic carbocycles. The summed E-state index contributed by atoms with van der Waals surface area (Å²) < 4.78 is 91.4. The molecule has 0 aliphatic rings. The van der Waals surface area contributed by atoms with Gasteiger partial charge in [-0.15, -0.1) is 0 Å². The van der Waals surface area contributed by atoms with Gasteiger partial charge in [-0.3, -0.25) is 0 Å². The van der Waals surface area contributed by atoms with Crippen LogP contribution in [-0.2, 0) is 8.85 Å². The summed E-state index contributed by atoms with van der Waals surface area (Å²) in [7, 11) is -5.90. The van der Waals surface area contributed by atoms with E-state index < -0.39 is 40.2 Å². The molecular formula is C12H24F6O2Si2. The smallest absolute Gasteiger partial charge is 0.402 e. The van der Waals surface area contributed by atoms with E-state index in [2.05, 4.69) is 0 Å². The lowest BCUT2D eigenvalue weighted by Gasteiger charge is -2.51. The van der Waals surface area contributed by atoms with Crippen molar-refractivity contribution in [3.63, 3.8) is 0 Å². The maximum atomic E-state index is 13.6. The van der Waals surface area contributed by atoms with Gasteiger partial charge in [0.2, 0.25) is 0 Å². The molecule has 134 valence electrons. The van der Waals surface area contributed by atoms with Crippen molar-refractivity contribution in [2.75, 3.05) is 0 Å². The molecule has 10 heteroatoms. The van der Waals surface area contributed by atoms with Crippen LogP contribution in [0.15, 0.2) is 0 Å². The third-order valence-corrected chi connectivity index (χ3v) is 5.05. The first-order valence-electron chi connectivity index (χ1n) is 6.70. The first-order valence-corrected chi connectivity index (χ1v) is 13.5. The molecule has 0 spiro atoms. The Morgan fingerprint density at radius 2 is 0.727 bits per heavy atom. The lowest BCUT2D eigenvalue weighted by atomic mass is 9.84. The maximum absolute atomic E-state index is 13.6. The average molecular weight is 370 g/mol. The zero-order valence-electron chi connectivity index (χ0n) is 14.1. The van der Waals surface area contributed by atoms with E-state index in [-0.39, 0.29) is 0 Å². The molecule has 0 radical (unpaired) electrons. The highest BCUT2D eigenvalue weighted by molar-refractivity contribution is 6.70. The molecule has 0 aromatic heterocycles. The van der Waals surface area contributed by atoms with E-state index >= 15 is 0 Å². The highest BCUT2D eigenvalue weighted by Gasteiger charge is 2.75. The average Bonchev–Trinajstić information content (AvgIpc) is 2.07. The van der Waals surface area contributed by atoms with Gasteiger partial charge in [0, 0.05) is 0 Å². The van der Waals surface area contributed by atoms with Crippen molar-refractivity contribution in [1.82, 2.24) is 0 Å². The number of hydrogen-bond donors (Lipinski definition) is 0. The van der Waals surface area contributed by atoms with Gasteiger partial charge in [0.15, 0.2) is 27.8 Å². The Morgan fingerprint density at radius 1 is 0.545 bits per heavy atom. The van der Waals surface area contributed by atoms with Gasteiger partial charge in [-0.1, -0.05) is 0 Å². The van der Waals surface area contributed by atoms with E-state index in [1.165, 1.54) is 39.3 Å². The lowest BCUT2D eigenvalue weighted by Crippen LogP contribution is -2.72. The molecule has 2 atom stereocenters. The SMILES string of the molecule is CC(O[Si](C)(C)C)(C(F)(F)F)C(C)(O[Si](C)(C)C)C(F)(F)F. The molecule has 0 saturated heterocycles. The van der Waals surface area contributed by atoms with Gasteiger partial charge in [-0.25, -0.2) is 0 Å². The largest absolute Gasteiger partial charge is 0.419 e. The van der Waals surface area contributed by atoms with Gasteiger partial charge in [0.05, 0.1) is 0 Å². The van der Waals surface area contributed by atoms with E-state index in [0.29, 0.717) is 13.8 Å². The predicted octanol–water partition coefficient (Wildman–Crippen LogP) is 5.33. The molecule has 0 aromatic rings. The molecule has 2 unspecified atom stereocenters. The van der Waals surface area contributed by atoms with Gasteiger partial charge in [-0.05, 0) is 53.1 Å². The third kappa shape index (κ3) is 4.71. The number of rotatable bonds is 5. The van der Waals surface area contributed by atoms with Crippen molar-refractivity contribution in [2.45, 2.75) is 76.7 Å². The summed E-state index contributed by atoms with van der Waals surface area (Å²) in [4.78, 5) is 0. The highest BCUT2D eigenvalue weighted by Crippen LogP contribution is 2.52. The fourth-order valence-corrected chi connectivity index (χ4v) is 5.15. The van der Waals surface area contributed by atoms with Crippen molar-refractivity contribution in [2.24, 2.45) is 0 Å². The Hall–Kier alpha value is -0.0662. The second kappa shape index (κ2) is 5.78. The topological polar surface area (TPSA) is 18.5 Å². The molecule has 2 nitrogen and oxygen atoms in total. The van der Waals surface area contributed by atoms with Gasteiger partial charge in [0.25, 0.3) is 0 Å². The molecule has 0 saturated carbocycles. The summed E-state index contributed by atoms with van der Waals surface area (Å²) in [6.07, 6.45) is -10.5. The van der Waals surface area contributed by atoms with Crippen LogP contribution in [0.3, 0.4) is 0 Å². The summed E-state index contributed by atoms with van der Waals surface area (Å²) in [5.41, 5.74) is -6.97. The second-order valence-electron chi connectivity index (χ2n) is 7.49. The van der Waals surface area contributed by atoms with Crippen molar-refractivity contribution in [3.8, 4) is 0 Å². The van der Waals surface area contributed by atoms with E-state index in [1.807, 2.05) is 0 Å². The fourth-order valence-electron chi connectivity index (χ4n) is 2.08. The highest BCUT2D eigenvalue weighted by atomic mass is 28.4. The zero-order valence-corrected chi connectivity index (χ0v) is 16.1. The van der Waals surface area contributed by atoms with Gasteiger partial charge >= 0.3 is 12.4 Å². The molecule has 0 aliphatic carbocycles. The first kappa shape index (κ1) is 21.9. The van der Waals surface area contributed by atoms with Crippen molar-refractivity contribution in [1.29, 1.82) is 0 Å². The first-order chi connectivity index (χ1) is 9.16. The van der Waals surface area contributed by atoms with Crippen LogP contribution in [0.25, 0.3) is 0 Å². The minimum Gasteiger partial charge on any atom is -0.402 e. The van der Waals surface area contributed by atoms with Crippen molar-refractivity contribution >= 4 is 16.6 Å². The van der Waals surface area contributed by atoms with Crippen molar-refractivity contribution < 1.29 is 35.2 Å². The summed E-state index contributed by atoms with van der Waals surface area (Å²) in [5, 5.41) is 0. The minimum absolute atomic E-state index is 0.429. The molecule has 0 N–H and O–H groups in total. The molecule has 22 heavy (non-hydrogen) atoms. The summed E-state index contributed by atoms with van der Waals surface area (Å²) in [6.45, 7) is 9.29. The number of halogens is 6. The van der Waals surface area contributed by atoms with Gasteiger partial charge in [-0.2, -0.15) is 26.3 Å². The molecular weight excluding hydrogens is 346 g/mol. The van der Waals surface area contributed by atoms with Crippen LogP contribution in [0.4, 0.5) is 26.3 Å². The molecule has 0 rings (SSSR count). The molecule has 0 amide bonds. The van der Waals surface area contributed by atoms with Crippen LogP contribution in [-0.4, -0.2) is 40.2 Å². The van der Waals surface area contributed by atoms with Crippen LogP contribution in [0.2, 0.25) is 39.3 Å². The third-order valence-electron chi connectivity index (χ3n) is 3.01. The number of alkyl halides is 6. The zero-order chi connectivity index (χ0) is 18.4. The molecule has 0 bridgehead atoms. The number of hydrogen-bond acceptors (Lipinski definition) is 2. The van der Waals surface area contributed by atoms with E-state index in [4.69, 9.17) is 8.85 Å². The monoisotopic (exact) mass is 370 g/mol. The Bertz CT molecular complexity index is 358. The van der Waals surface area contributed by atoms with Crippen LogP contribution in [0.1, 0.15) is 13.8 Å². The summed E-state index contributed by atoms with van der Waals surface area (Å²) in [6, 6.07) is 0. The Morgan fingerprint density at radius 3 is 0.818 bits per heavy atom. The quantitative estimate of drug-likeness (QED) is 0.481. The van der Waals surface area contributed by atoms with Crippen LogP contribution >= 0.6 is 0 Å². The Labute approximate surface area is 129 Å². The Kier molecular flexibility index (Phi) is 5.76. The van der Waals surface area contributed by atoms with Crippen LogP contribution in [0.5, 0.6) is 0 Å². The molecule has 0 fully saturated rings. The predicted molar refractivity (Wildman–Crippen MR) is 77.8 cm³/mol. The normalized spacial score (nSPS) is 20.5.